The van der Waals surface area contributed by atoms with Crippen LogP contribution in [0.2, 0.25) is 0 Å². The van der Waals surface area contributed by atoms with E-state index in [1.807, 2.05) is 23.0 Å². The lowest BCUT2D eigenvalue weighted by Gasteiger charge is -2.38. The van der Waals surface area contributed by atoms with Crippen LogP contribution >= 0.6 is 0 Å². The second-order valence-corrected chi connectivity index (χ2v) is 21.7. The standard InChI is InChI=1S/C58H108N6O4.2BrH/c1-7-11-13-15-17-19-25-35-45-63(9-3)47-37-27-21-31-41-59-53(5)51-55(65)61(57(59)67)43-33-23-29-39-49-64(10-4,46-36-26-20-18-16-14-12-8-2)50-40-30-24-34-44-62-56(66)52-54(6)60(58(62)68)42-32-22-28-38-48-63;;/h51-52H,7-50H2,1-6H3;2*1H/q+2;;/p-2. The zero-order valence-corrected chi connectivity index (χ0v) is 49.5. The van der Waals surface area contributed by atoms with Crippen molar-refractivity contribution in [2.75, 3.05) is 52.4 Å². The normalized spacial score (nSPS) is 20.3. The van der Waals surface area contributed by atoms with Gasteiger partial charge in [-0.2, -0.15) is 0 Å². The van der Waals surface area contributed by atoms with Crippen LogP contribution < -0.4 is 56.5 Å². The number of fused-ring (bicyclic) bond motifs is 4. The van der Waals surface area contributed by atoms with Gasteiger partial charge in [-0.1, -0.05) is 117 Å². The molecule has 12 heteroatoms. The summed E-state index contributed by atoms with van der Waals surface area (Å²) in [6.45, 7) is 25.1. The van der Waals surface area contributed by atoms with Crippen molar-refractivity contribution in [3.8, 4) is 0 Å². The third-order valence-corrected chi connectivity index (χ3v) is 16.3. The molecule has 0 N–H and O–H groups in total. The number of hydrogen-bond acceptors (Lipinski definition) is 4. The summed E-state index contributed by atoms with van der Waals surface area (Å²) in [4.78, 5) is 53.7. The van der Waals surface area contributed by atoms with E-state index in [4.69, 9.17) is 0 Å². The summed E-state index contributed by atoms with van der Waals surface area (Å²) in [7, 11) is 0. The van der Waals surface area contributed by atoms with Crippen molar-refractivity contribution in [3.63, 3.8) is 0 Å². The number of nitrogens with zero attached hydrogens (tertiary/aromatic N) is 6. The predicted octanol–water partition coefficient (Wildman–Crippen LogP) is 6.87. The number of halogens is 2. The van der Waals surface area contributed by atoms with Crippen LogP contribution in [0.15, 0.2) is 31.3 Å². The van der Waals surface area contributed by atoms with Gasteiger partial charge in [0, 0.05) is 49.7 Å². The number of hydrogen-bond donors (Lipinski definition) is 0. The van der Waals surface area contributed by atoms with Gasteiger partial charge in [-0.25, -0.2) is 9.59 Å². The molecular formula is C58H108Br2N6O4. The molecule has 0 unspecified atom stereocenters. The summed E-state index contributed by atoms with van der Waals surface area (Å²) in [6, 6.07) is 3.37. The summed E-state index contributed by atoms with van der Waals surface area (Å²) in [5.74, 6) is 0. The molecule has 2 aromatic rings. The first-order valence-corrected chi connectivity index (χ1v) is 29.4. The molecule has 0 saturated heterocycles. The molecule has 0 aliphatic carbocycles. The van der Waals surface area contributed by atoms with Gasteiger partial charge in [-0.3, -0.25) is 27.9 Å². The SMILES string of the molecule is CCCCCCCCCC[N+]1(CC)CCCCCCn2c(C)cc(=O)n(c2=O)CCCCCC[N+](CC)(CCCCCCCCCC)CCCCCCn2c(=O)cc(C)n(c2=O)CCCCCC1.[Br-].[Br-]. The molecule has 0 amide bonds. The third kappa shape index (κ3) is 25.0. The van der Waals surface area contributed by atoms with E-state index in [1.54, 1.807) is 12.1 Å². The lowest BCUT2D eigenvalue weighted by Crippen LogP contribution is -3.00. The second kappa shape index (κ2) is 39.7. The first-order valence-electron chi connectivity index (χ1n) is 29.4. The van der Waals surface area contributed by atoms with Gasteiger partial charge in [0.25, 0.3) is 11.1 Å². The highest BCUT2D eigenvalue weighted by Gasteiger charge is 2.25. The minimum absolute atomic E-state index is 0. The minimum atomic E-state index is -0.152. The van der Waals surface area contributed by atoms with Gasteiger partial charge in [0.1, 0.15) is 0 Å². The zero-order chi connectivity index (χ0) is 49.3. The largest absolute Gasteiger partial charge is 1.00 e. The molecule has 0 aromatic carbocycles. The van der Waals surface area contributed by atoms with Crippen LogP contribution in [-0.4, -0.2) is 79.6 Å². The molecule has 10 nitrogen and oxygen atoms in total. The Morgan fingerprint density at radius 2 is 0.614 bits per heavy atom. The average molecular weight is 1110 g/mol. The Bertz CT molecular complexity index is 1770. The Morgan fingerprint density at radius 1 is 0.357 bits per heavy atom. The van der Waals surface area contributed by atoms with Gasteiger partial charge in [0.05, 0.1) is 52.4 Å². The summed E-state index contributed by atoms with van der Waals surface area (Å²) in [5, 5.41) is 0. The quantitative estimate of drug-likeness (QED) is 0.107. The fourth-order valence-corrected chi connectivity index (χ4v) is 11.5. The summed E-state index contributed by atoms with van der Waals surface area (Å²) < 4.78 is 9.11. The van der Waals surface area contributed by atoms with Gasteiger partial charge in [0.2, 0.25) is 0 Å². The monoisotopic (exact) mass is 1110 g/mol. The first kappa shape index (κ1) is 66.3. The highest BCUT2D eigenvalue weighted by Crippen LogP contribution is 2.20. The minimum Gasteiger partial charge on any atom is -1.00 e. The predicted molar refractivity (Wildman–Crippen MR) is 289 cm³/mol. The van der Waals surface area contributed by atoms with Crippen molar-refractivity contribution in [2.24, 2.45) is 0 Å². The molecule has 1 aliphatic rings. The molecule has 408 valence electrons. The zero-order valence-electron chi connectivity index (χ0n) is 46.3. The number of aryl methyl sites for hydroxylation is 2. The maximum atomic E-state index is 13.7. The molecule has 2 aromatic heterocycles. The molecule has 0 radical (unpaired) electrons. The molecule has 4 bridgehead atoms. The Morgan fingerprint density at radius 3 is 0.900 bits per heavy atom. The van der Waals surface area contributed by atoms with E-state index < -0.39 is 0 Å². The van der Waals surface area contributed by atoms with Crippen molar-refractivity contribution in [1.29, 1.82) is 0 Å². The molecule has 0 spiro atoms. The van der Waals surface area contributed by atoms with Gasteiger partial charge < -0.3 is 42.9 Å². The van der Waals surface area contributed by atoms with Gasteiger partial charge in [-0.15, -0.1) is 0 Å². The number of rotatable bonds is 20. The topological polar surface area (TPSA) is 88.0 Å². The van der Waals surface area contributed by atoms with Crippen LogP contribution in [0.3, 0.4) is 0 Å². The Kier molecular flexibility index (Phi) is 37.5. The molecule has 3 rings (SSSR count). The van der Waals surface area contributed by atoms with Crippen molar-refractivity contribution >= 4 is 0 Å². The first-order chi connectivity index (χ1) is 33.1. The van der Waals surface area contributed by atoms with Crippen LogP contribution in [0.25, 0.3) is 0 Å². The van der Waals surface area contributed by atoms with Gasteiger partial charge >= 0.3 is 11.4 Å². The molecule has 0 fully saturated rings. The fraction of sp³-hybridized carbons (Fsp3) is 0.862. The molecule has 3 heterocycles. The number of aromatic nitrogens is 4. The highest BCUT2D eigenvalue weighted by atomic mass is 79.9. The van der Waals surface area contributed by atoms with Gasteiger partial charge in [0.15, 0.2) is 0 Å². The van der Waals surface area contributed by atoms with Crippen molar-refractivity contribution in [2.45, 2.75) is 273 Å². The number of unbranched alkanes of at least 4 members (excludes halogenated alkanes) is 14. The van der Waals surface area contributed by atoms with E-state index in [0.717, 1.165) is 112 Å². The average Bonchev–Trinajstić information content (AvgIpc) is 3.32. The molecule has 0 atom stereocenters. The summed E-state index contributed by atoms with van der Waals surface area (Å²) in [6.07, 6.45) is 38.6. The molecule has 1 aliphatic heterocycles. The van der Waals surface area contributed by atoms with Crippen LogP contribution in [0.5, 0.6) is 0 Å². The van der Waals surface area contributed by atoms with Gasteiger partial charge in [-0.05, 0) is 130 Å². The highest BCUT2D eigenvalue weighted by molar-refractivity contribution is 5.01. The fourth-order valence-electron chi connectivity index (χ4n) is 11.5. The summed E-state index contributed by atoms with van der Waals surface area (Å²) >= 11 is 0. The van der Waals surface area contributed by atoms with E-state index in [0.29, 0.717) is 26.2 Å². The third-order valence-electron chi connectivity index (χ3n) is 16.3. The van der Waals surface area contributed by atoms with E-state index >= 15 is 0 Å². The van der Waals surface area contributed by atoms with E-state index in [-0.39, 0.29) is 56.5 Å². The van der Waals surface area contributed by atoms with Crippen LogP contribution in [0.1, 0.15) is 245 Å². The van der Waals surface area contributed by atoms with Crippen molar-refractivity contribution in [3.05, 3.63) is 65.2 Å². The van der Waals surface area contributed by atoms with Crippen molar-refractivity contribution in [1.82, 2.24) is 18.3 Å². The Labute approximate surface area is 449 Å². The summed E-state index contributed by atoms with van der Waals surface area (Å²) in [5.41, 5.74) is 1.03. The van der Waals surface area contributed by atoms with Crippen molar-refractivity contribution < 1.29 is 42.9 Å². The smallest absolute Gasteiger partial charge is 0.331 e. The van der Waals surface area contributed by atoms with E-state index in [9.17, 15) is 19.2 Å². The Balaban J connectivity index is 0.0000122. The Hall–Kier alpha value is -1.76. The maximum Gasteiger partial charge on any atom is 0.331 e. The lowest BCUT2D eigenvalue weighted by molar-refractivity contribution is -0.927. The molecule has 0 saturated carbocycles. The van der Waals surface area contributed by atoms with E-state index in [1.165, 1.54) is 175 Å². The van der Waals surface area contributed by atoms with E-state index in [2.05, 4.69) is 27.7 Å². The van der Waals surface area contributed by atoms with Crippen LogP contribution in [0, 0.1) is 13.8 Å². The lowest BCUT2D eigenvalue weighted by atomic mass is 10.1. The second-order valence-electron chi connectivity index (χ2n) is 21.7. The molecular weight excluding hydrogens is 1000 g/mol. The molecule has 70 heavy (non-hydrogen) atoms. The number of quaternary nitrogens is 2. The van der Waals surface area contributed by atoms with Crippen LogP contribution in [0.4, 0.5) is 0 Å². The maximum absolute atomic E-state index is 13.7. The van der Waals surface area contributed by atoms with Crippen LogP contribution in [-0.2, 0) is 26.2 Å².